The average Bonchev–Trinajstić information content (AvgIpc) is 2.01. The summed E-state index contributed by atoms with van der Waals surface area (Å²) in [5.41, 5.74) is 2.13. The first-order valence-corrected chi connectivity index (χ1v) is 4.83. The molecule has 0 saturated heterocycles. The van der Waals surface area contributed by atoms with Crippen LogP contribution in [0.2, 0.25) is 0 Å². The topological polar surface area (TPSA) is 57.5 Å². The number of phenols is 1. The summed E-state index contributed by atoms with van der Waals surface area (Å²) in [6, 6.07) is 5.81. The monoisotopic (exact) mass is 210 g/mol. The summed E-state index contributed by atoms with van der Waals surface area (Å²) in [5.74, 6) is -0.0180. The first kappa shape index (κ1) is 13.5. The minimum Gasteiger partial charge on any atom is -0.508 e. The fraction of sp³-hybridized carbons (Fsp3) is 0.417. The first-order chi connectivity index (χ1) is 6.84. The molecule has 1 aromatic carbocycles. The van der Waals surface area contributed by atoms with Crippen molar-refractivity contribution in [1.29, 1.82) is 0 Å². The molecule has 0 aromatic heterocycles. The average molecular weight is 210 g/mol. The maximum absolute atomic E-state index is 9.46. The molecule has 0 fully saturated rings. The standard InChI is InChI=1S/C10H14O.C2H4O2/c1-7(2)9-5-4-8(3)6-10(9)11;1-2(3)4/h4-7,11H,1-3H3;1H3,(H,3,4). The van der Waals surface area contributed by atoms with Crippen molar-refractivity contribution in [2.24, 2.45) is 0 Å². The fourth-order valence-corrected chi connectivity index (χ4v) is 1.14. The van der Waals surface area contributed by atoms with E-state index in [4.69, 9.17) is 9.90 Å². The van der Waals surface area contributed by atoms with Crippen LogP contribution in [0.15, 0.2) is 18.2 Å². The van der Waals surface area contributed by atoms with Crippen molar-refractivity contribution < 1.29 is 15.0 Å². The lowest BCUT2D eigenvalue weighted by atomic mass is 10.0. The summed E-state index contributed by atoms with van der Waals surface area (Å²) in [4.78, 5) is 9.00. The third-order valence-corrected chi connectivity index (χ3v) is 1.81. The van der Waals surface area contributed by atoms with Gasteiger partial charge in [-0.25, -0.2) is 0 Å². The highest BCUT2D eigenvalue weighted by Gasteiger charge is 2.03. The third-order valence-electron chi connectivity index (χ3n) is 1.81. The Bertz CT molecular complexity index is 326. The molecule has 0 amide bonds. The van der Waals surface area contributed by atoms with Gasteiger partial charge in [-0.1, -0.05) is 26.0 Å². The molecule has 0 heterocycles. The third kappa shape index (κ3) is 5.73. The maximum atomic E-state index is 9.46. The van der Waals surface area contributed by atoms with Crippen LogP contribution in [-0.2, 0) is 4.79 Å². The smallest absolute Gasteiger partial charge is 0.300 e. The summed E-state index contributed by atoms with van der Waals surface area (Å²) in [6.07, 6.45) is 0. The van der Waals surface area contributed by atoms with E-state index in [-0.39, 0.29) is 0 Å². The summed E-state index contributed by atoms with van der Waals surface area (Å²) < 4.78 is 0. The normalized spacial score (nSPS) is 9.40. The molecular weight excluding hydrogens is 192 g/mol. The molecule has 0 aliphatic rings. The summed E-state index contributed by atoms with van der Waals surface area (Å²) in [7, 11) is 0. The SMILES string of the molecule is CC(=O)O.Cc1ccc(C(C)C)c(O)c1. The van der Waals surface area contributed by atoms with Crippen LogP contribution in [-0.4, -0.2) is 16.2 Å². The predicted octanol–water partition coefficient (Wildman–Crippen LogP) is 2.91. The van der Waals surface area contributed by atoms with Crippen molar-refractivity contribution in [3.63, 3.8) is 0 Å². The number of hydrogen-bond acceptors (Lipinski definition) is 2. The quantitative estimate of drug-likeness (QED) is 0.749. The zero-order valence-corrected chi connectivity index (χ0v) is 9.61. The zero-order chi connectivity index (χ0) is 12.0. The van der Waals surface area contributed by atoms with Crippen LogP contribution in [0.3, 0.4) is 0 Å². The number of carboxylic acid groups (broad SMARTS) is 1. The van der Waals surface area contributed by atoms with E-state index in [2.05, 4.69) is 13.8 Å². The Morgan fingerprint density at radius 3 is 2.13 bits per heavy atom. The van der Waals surface area contributed by atoms with Crippen molar-refractivity contribution in [3.05, 3.63) is 29.3 Å². The van der Waals surface area contributed by atoms with Crippen molar-refractivity contribution in [2.75, 3.05) is 0 Å². The van der Waals surface area contributed by atoms with Crippen LogP contribution < -0.4 is 0 Å². The van der Waals surface area contributed by atoms with Crippen LogP contribution in [0.25, 0.3) is 0 Å². The molecule has 0 bridgehead atoms. The van der Waals surface area contributed by atoms with E-state index in [1.165, 1.54) is 0 Å². The second-order valence-electron chi connectivity index (χ2n) is 3.74. The first-order valence-electron chi connectivity index (χ1n) is 4.83. The summed E-state index contributed by atoms with van der Waals surface area (Å²) >= 11 is 0. The highest BCUT2D eigenvalue weighted by atomic mass is 16.4. The van der Waals surface area contributed by atoms with Crippen molar-refractivity contribution >= 4 is 5.97 Å². The van der Waals surface area contributed by atoms with E-state index in [1.807, 2.05) is 19.1 Å². The Morgan fingerprint density at radius 1 is 1.33 bits per heavy atom. The van der Waals surface area contributed by atoms with E-state index in [0.717, 1.165) is 18.1 Å². The number of aryl methyl sites for hydroxylation is 1. The second kappa shape index (κ2) is 6.06. The van der Waals surface area contributed by atoms with E-state index < -0.39 is 5.97 Å². The number of carbonyl (C=O) groups is 1. The van der Waals surface area contributed by atoms with Crippen LogP contribution in [0.5, 0.6) is 5.75 Å². The van der Waals surface area contributed by atoms with Crippen molar-refractivity contribution in [3.8, 4) is 5.75 Å². The molecule has 2 N–H and O–H groups in total. The highest BCUT2D eigenvalue weighted by Crippen LogP contribution is 2.25. The number of phenolic OH excluding ortho intramolecular Hbond substituents is 1. The molecule has 0 aliphatic carbocycles. The van der Waals surface area contributed by atoms with E-state index >= 15 is 0 Å². The van der Waals surface area contributed by atoms with Gasteiger partial charge in [0.25, 0.3) is 5.97 Å². The molecule has 0 aliphatic heterocycles. The van der Waals surface area contributed by atoms with Gasteiger partial charge < -0.3 is 10.2 Å². The largest absolute Gasteiger partial charge is 0.508 e. The number of benzene rings is 1. The lowest BCUT2D eigenvalue weighted by Crippen LogP contribution is -1.87. The van der Waals surface area contributed by atoms with Crippen LogP contribution in [0.4, 0.5) is 0 Å². The van der Waals surface area contributed by atoms with Crippen LogP contribution in [0, 0.1) is 6.92 Å². The molecular formula is C12H18O3. The Balaban J connectivity index is 0.000000423. The van der Waals surface area contributed by atoms with Gasteiger partial charge in [-0.2, -0.15) is 0 Å². The van der Waals surface area contributed by atoms with Gasteiger partial charge in [0, 0.05) is 6.92 Å². The van der Waals surface area contributed by atoms with Gasteiger partial charge >= 0.3 is 0 Å². The van der Waals surface area contributed by atoms with Gasteiger partial charge in [0.1, 0.15) is 5.75 Å². The Kier molecular flexibility index (Phi) is 5.45. The van der Waals surface area contributed by atoms with E-state index in [0.29, 0.717) is 11.7 Å². The molecule has 3 heteroatoms. The van der Waals surface area contributed by atoms with Gasteiger partial charge in [-0.3, -0.25) is 4.79 Å². The number of aliphatic carboxylic acids is 1. The van der Waals surface area contributed by atoms with Gasteiger partial charge in [-0.05, 0) is 30.0 Å². The lowest BCUT2D eigenvalue weighted by Gasteiger charge is -2.07. The Morgan fingerprint density at radius 2 is 1.80 bits per heavy atom. The molecule has 84 valence electrons. The molecule has 0 spiro atoms. The minimum atomic E-state index is -0.833. The minimum absolute atomic E-state index is 0.399. The molecule has 1 aromatic rings. The molecule has 0 atom stereocenters. The molecule has 0 radical (unpaired) electrons. The lowest BCUT2D eigenvalue weighted by molar-refractivity contribution is -0.134. The Hall–Kier alpha value is -1.51. The molecule has 15 heavy (non-hydrogen) atoms. The van der Waals surface area contributed by atoms with Gasteiger partial charge in [0.05, 0.1) is 0 Å². The second-order valence-corrected chi connectivity index (χ2v) is 3.74. The maximum Gasteiger partial charge on any atom is 0.300 e. The zero-order valence-electron chi connectivity index (χ0n) is 9.61. The Labute approximate surface area is 90.4 Å². The van der Waals surface area contributed by atoms with Crippen LogP contribution in [0.1, 0.15) is 37.8 Å². The van der Waals surface area contributed by atoms with Crippen molar-refractivity contribution in [1.82, 2.24) is 0 Å². The molecule has 0 unspecified atom stereocenters. The molecule has 0 saturated carbocycles. The number of carboxylic acids is 1. The number of rotatable bonds is 1. The van der Waals surface area contributed by atoms with Gasteiger partial charge in [-0.15, -0.1) is 0 Å². The summed E-state index contributed by atoms with van der Waals surface area (Å²) in [5, 5.41) is 16.9. The van der Waals surface area contributed by atoms with Crippen molar-refractivity contribution in [2.45, 2.75) is 33.6 Å². The van der Waals surface area contributed by atoms with E-state index in [9.17, 15) is 5.11 Å². The molecule has 3 nitrogen and oxygen atoms in total. The van der Waals surface area contributed by atoms with Gasteiger partial charge in [0.15, 0.2) is 0 Å². The predicted molar refractivity (Wildman–Crippen MR) is 60.2 cm³/mol. The summed E-state index contributed by atoms with van der Waals surface area (Å²) in [6.45, 7) is 7.21. The van der Waals surface area contributed by atoms with E-state index in [1.54, 1.807) is 6.07 Å². The van der Waals surface area contributed by atoms with Crippen LogP contribution >= 0.6 is 0 Å². The number of hydrogen-bond donors (Lipinski definition) is 2. The van der Waals surface area contributed by atoms with Gasteiger partial charge in [0.2, 0.25) is 0 Å². The fourth-order valence-electron chi connectivity index (χ4n) is 1.14. The number of aromatic hydroxyl groups is 1. The molecule has 1 rings (SSSR count). The highest BCUT2D eigenvalue weighted by molar-refractivity contribution is 5.62.